The molecule has 2 aromatic carbocycles. The predicted molar refractivity (Wildman–Crippen MR) is 82.4 cm³/mol. The van der Waals surface area contributed by atoms with Gasteiger partial charge >= 0.3 is 0 Å². The zero-order valence-corrected chi connectivity index (χ0v) is 12.4. The molecule has 1 N–H and O–H groups in total. The number of nitrogens with one attached hydrogen (secondary N) is 1. The maximum Gasteiger partial charge on any atom is 0.263 e. The summed E-state index contributed by atoms with van der Waals surface area (Å²) >= 11 is 0. The molecule has 3 heteroatoms. The molecule has 0 bridgehead atoms. The second-order valence-corrected chi connectivity index (χ2v) is 5.30. The van der Waals surface area contributed by atoms with Crippen molar-refractivity contribution in [2.45, 2.75) is 39.3 Å². The minimum atomic E-state index is -2.41. The van der Waals surface area contributed by atoms with Crippen LogP contribution in [0, 0.1) is 6.92 Å². The average molecular weight is 289 g/mol. The van der Waals surface area contributed by atoms with Crippen molar-refractivity contribution >= 4 is 0 Å². The number of benzene rings is 2. The molecule has 0 aliphatic heterocycles. The fourth-order valence-electron chi connectivity index (χ4n) is 2.38. The van der Waals surface area contributed by atoms with Crippen LogP contribution < -0.4 is 5.32 Å². The van der Waals surface area contributed by atoms with Gasteiger partial charge in [0.2, 0.25) is 0 Å². The molecule has 0 heterocycles. The van der Waals surface area contributed by atoms with Crippen LogP contribution in [0.2, 0.25) is 0 Å². The Morgan fingerprint density at radius 2 is 1.71 bits per heavy atom. The molecule has 0 fully saturated rings. The number of aryl methyl sites for hydroxylation is 1. The lowest BCUT2D eigenvalue weighted by Crippen LogP contribution is -2.20. The van der Waals surface area contributed by atoms with E-state index in [1.54, 1.807) is 12.1 Å². The van der Waals surface area contributed by atoms with E-state index in [1.807, 2.05) is 6.07 Å². The van der Waals surface area contributed by atoms with Gasteiger partial charge in [0.15, 0.2) is 0 Å². The van der Waals surface area contributed by atoms with Crippen molar-refractivity contribution in [2.75, 3.05) is 0 Å². The molecule has 0 aliphatic carbocycles. The Morgan fingerprint density at radius 3 is 2.33 bits per heavy atom. The van der Waals surface area contributed by atoms with E-state index in [4.69, 9.17) is 0 Å². The van der Waals surface area contributed by atoms with Crippen LogP contribution in [-0.2, 0) is 6.54 Å². The van der Waals surface area contributed by atoms with E-state index < -0.39 is 6.43 Å². The molecule has 2 rings (SSSR count). The zero-order chi connectivity index (χ0) is 15.2. The molecule has 0 amide bonds. The Morgan fingerprint density at radius 1 is 1.00 bits per heavy atom. The van der Waals surface area contributed by atoms with E-state index in [-0.39, 0.29) is 11.6 Å². The molecule has 0 aromatic heterocycles. The molecule has 1 atom stereocenters. The quantitative estimate of drug-likeness (QED) is 0.773. The van der Waals surface area contributed by atoms with Crippen LogP contribution in [0.4, 0.5) is 8.78 Å². The molecule has 0 radical (unpaired) electrons. The summed E-state index contributed by atoms with van der Waals surface area (Å²) in [6.07, 6.45) is -1.46. The topological polar surface area (TPSA) is 12.0 Å². The van der Waals surface area contributed by atoms with Gasteiger partial charge < -0.3 is 5.32 Å². The van der Waals surface area contributed by atoms with E-state index in [1.165, 1.54) is 17.2 Å². The van der Waals surface area contributed by atoms with Gasteiger partial charge in [0, 0.05) is 18.2 Å². The van der Waals surface area contributed by atoms with Crippen LogP contribution in [0.15, 0.2) is 48.5 Å². The lowest BCUT2D eigenvalue weighted by Gasteiger charge is -2.18. The normalized spacial score (nSPS) is 12.6. The number of hydrogen-bond acceptors (Lipinski definition) is 1. The van der Waals surface area contributed by atoms with Crippen LogP contribution in [0.25, 0.3) is 0 Å². The maximum atomic E-state index is 12.7. The minimum absolute atomic E-state index is 0.0812. The first-order valence-corrected chi connectivity index (χ1v) is 7.27. The number of hydrogen-bond donors (Lipinski definition) is 1. The highest BCUT2D eigenvalue weighted by atomic mass is 19.3. The minimum Gasteiger partial charge on any atom is -0.306 e. The van der Waals surface area contributed by atoms with Gasteiger partial charge in [-0.1, -0.05) is 55.0 Å². The summed E-state index contributed by atoms with van der Waals surface area (Å²) in [5.41, 5.74) is 3.43. The van der Waals surface area contributed by atoms with Crippen LogP contribution in [0.5, 0.6) is 0 Å². The molecular formula is C18H21F2N. The molecule has 0 saturated carbocycles. The van der Waals surface area contributed by atoms with Crippen molar-refractivity contribution in [1.29, 1.82) is 0 Å². The summed E-state index contributed by atoms with van der Waals surface area (Å²) in [7, 11) is 0. The highest BCUT2D eigenvalue weighted by Gasteiger charge is 2.10. The highest BCUT2D eigenvalue weighted by molar-refractivity contribution is 5.26. The molecule has 2 aromatic rings. The van der Waals surface area contributed by atoms with Gasteiger partial charge in [-0.3, -0.25) is 0 Å². The van der Waals surface area contributed by atoms with Crippen molar-refractivity contribution in [1.82, 2.24) is 5.32 Å². The Labute approximate surface area is 125 Å². The van der Waals surface area contributed by atoms with Gasteiger partial charge in [0.1, 0.15) is 0 Å². The van der Waals surface area contributed by atoms with Crippen molar-refractivity contribution < 1.29 is 8.78 Å². The van der Waals surface area contributed by atoms with Crippen molar-refractivity contribution in [3.63, 3.8) is 0 Å². The third-order valence-corrected chi connectivity index (χ3v) is 3.64. The molecule has 1 unspecified atom stereocenters. The number of rotatable bonds is 6. The summed E-state index contributed by atoms with van der Waals surface area (Å²) in [4.78, 5) is 0. The van der Waals surface area contributed by atoms with Gasteiger partial charge in [0.25, 0.3) is 6.43 Å². The lowest BCUT2D eigenvalue weighted by molar-refractivity contribution is 0.151. The number of alkyl halides is 2. The molecule has 112 valence electrons. The first-order valence-electron chi connectivity index (χ1n) is 7.27. The van der Waals surface area contributed by atoms with E-state index >= 15 is 0 Å². The molecule has 0 spiro atoms. The van der Waals surface area contributed by atoms with Gasteiger partial charge in [-0.25, -0.2) is 8.78 Å². The Balaban J connectivity index is 2.03. The first-order chi connectivity index (χ1) is 10.1. The number of halogens is 2. The maximum absolute atomic E-state index is 12.7. The first kappa shape index (κ1) is 15.6. The Bertz CT molecular complexity index is 564. The van der Waals surface area contributed by atoms with Crippen LogP contribution in [-0.4, -0.2) is 0 Å². The Hall–Kier alpha value is -1.74. The third-order valence-electron chi connectivity index (χ3n) is 3.64. The van der Waals surface area contributed by atoms with Gasteiger partial charge in [-0.2, -0.15) is 0 Å². The SMILES string of the molecule is CCC(NCc1cccc(C(F)F)c1)c1ccc(C)cc1. The van der Waals surface area contributed by atoms with E-state index in [2.05, 4.69) is 43.4 Å². The van der Waals surface area contributed by atoms with Crippen molar-refractivity contribution in [3.05, 3.63) is 70.8 Å². The summed E-state index contributed by atoms with van der Waals surface area (Å²) in [5, 5.41) is 3.44. The van der Waals surface area contributed by atoms with Gasteiger partial charge in [-0.05, 0) is 30.5 Å². The van der Waals surface area contributed by atoms with Crippen LogP contribution in [0.3, 0.4) is 0 Å². The van der Waals surface area contributed by atoms with E-state index in [0.29, 0.717) is 6.54 Å². The second kappa shape index (κ2) is 7.32. The predicted octanol–water partition coefficient (Wildman–Crippen LogP) is 5.17. The van der Waals surface area contributed by atoms with E-state index in [0.717, 1.165) is 12.0 Å². The van der Waals surface area contributed by atoms with Crippen LogP contribution >= 0.6 is 0 Å². The second-order valence-electron chi connectivity index (χ2n) is 5.30. The summed E-state index contributed by atoms with van der Waals surface area (Å²) in [6, 6.07) is 15.3. The third kappa shape index (κ3) is 4.36. The fourth-order valence-corrected chi connectivity index (χ4v) is 2.38. The molecule has 0 aliphatic rings. The molecule has 1 nitrogen and oxygen atoms in total. The standard InChI is InChI=1S/C18H21F2N/c1-3-17(15-9-7-13(2)8-10-15)21-12-14-5-4-6-16(11-14)18(19)20/h4-11,17-18,21H,3,12H2,1-2H3. The summed E-state index contributed by atoms with van der Waals surface area (Å²) in [5.74, 6) is 0. The highest BCUT2D eigenvalue weighted by Crippen LogP contribution is 2.21. The molecular weight excluding hydrogens is 268 g/mol. The Kier molecular flexibility index (Phi) is 5.45. The smallest absolute Gasteiger partial charge is 0.263 e. The van der Waals surface area contributed by atoms with Crippen molar-refractivity contribution in [3.8, 4) is 0 Å². The van der Waals surface area contributed by atoms with E-state index in [9.17, 15) is 8.78 Å². The molecule has 0 saturated heterocycles. The monoisotopic (exact) mass is 289 g/mol. The largest absolute Gasteiger partial charge is 0.306 e. The molecule has 21 heavy (non-hydrogen) atoms. The summed E-state index contributed by atoms with van der Waals surface area (Å²) in [6.45, 7) is 4.77. The van der Waals surface area contributed by atoms with Crippen molar-refractivity contribution in [2.24, 2.45) is 0 Å². The lowest BCUT2D eigenvalue weighted by atomic mass is 10.0. The van der Waals surface area contributed by atoms with Gasteiger partial charge in [0.05, 0.1) is 0 Å². The average Bonchev–Trinajstić information content (AvgIpc) is 2.50. The van der Waals surface area contributed by atoms with Gasteiger partial charge in [-0.15, -0.1) is 0 Å². The summed E-state index contributed by atoms with van der Waals surface area (Å²) < 4.78 is 25.4. The fraction of sp³-hybridized carbons (Fsp3) is 0.333. The van der Waals surface area contributed by atoms with Crippen LogP contribution in [0.1, 0.15) is 48.1 Å². The zero-order valence-electron chi connectivity index (χ0n) is 12.4.